The van der Waals surface area contributed by atoms with Crippen molar-refractivity contribution in [1.82, 2.24) is 4.90 Å². The third-order valence-corrected chi connectivity index (χ3v) is 4.92. The maximum Gasteiger partial charge on any atom is 0.128 e. The summed E-state index contributed by atoms with van der Waals surface area (Å²) in [7, 11) is 0. The van der Waals surface area contributed by atoms with Gasteiger partial charge in [0.1, 0.15) is 4.33 Å². The topological polar surface area (TPSA) is 3.24 Å². The Bertz CT molecular complexity index is 171. The molecule has 3 heteroatoms. The van der Waals surface area contributed by atoms with Crippen LogP contribution in [0.15, 0.2) is 0 Å². The lowest BCUT2D eigenvalue weighted by Gasteiger charge is -2.18. The summed E-state index contributed by atoms with van der Waals surface area (Å²) in [6.07, 6.45) is 0. The van der Waals surface area contributed by atoms with Crippen LogP contribution in [0.5, 0.6) is 0 Å². The molecule has 0 amide bonds. The van der Waals surface area contributed by atoms with Crippen molar-refractivity contribution >= 4 is 23.2 Å². The van der Waals surface area contributed by atoms with Gasteiger partial charge in [-0.2, -0.15) is 0 Å². The highest BCUT2D eigenvalue weighted by molar-refractivity contribution is 6.51. The summed E-state index contributed by atoms with van der Waals surface area (Å²) >= 11 is 12.4. The minimum absolute atomic E-state index is 0.0820. The van der Waals surface area contributed by atoms with E-state index >= 15 is 0 Å². The van der Waals surface area contributed by atoms with Crippen LogP contribution in [0.2, 0.25) is 0 Å². The number of rotatable bonds is 4. The molecule has 1 aliphatic rings. The molecule has 0 aromatic heterocycles. The van der Waals surface area contributed by atoms with E-state index in [1.807, 2.05) is 0 Å². The first-order chi connectivity index (χ1) is 5.87. The molecule has 0 N–H and O–H groups in total. The zero-order valence-corrected chi connectivity index (χ0v) is 10.4. The van der Waals surface area contributed by atoms with Crippen LogP contribution in [-0.4, -0.2) is 28.9 Å². The Kier molecular flexibility index (Phi) is 3.22. The molecule has 1 fully saturated rings. The molecule has 0 aromatic rings. The molecule has 0 bridgehead atoms. The first-order valence-electron chi connectivity index (χ1n) is 4.98. The molecule has 0 heterocycles. The molecular formula is C10H19Cl2N. The molecule has 0 aliphatic heterocycles. The molecule has 1 unspecified atom stereocenters. The highest BCUT2D eigenvalue weighted by Crippen LogP contribution is 2.68. The summed E-state index contributed by atoms with van der Waals surface area (Å²) in [4.78, 5) is 2.37. The summed E-state index contributed by atoms with van der Waals surface area (Å²) in [6.45, 7) is 11.8. The first-order valence-corrected chi connectivity index (χ1v) is 5.73. The van der Waals surface area contributed by atoms with Gasteiger partial charge in [0, 0.05) is 17.9 Å². The lowest BCUT2D eigenvalue weighted by Crippen LogP contribution is -2.26. The fourth-order valence-corrected chi connectivity index (χ4v) is 2.68. The van der Waals surface area contributed by atoms with Crippen molar-refractivity contribution in [3.05, 3.63) is 0 Å². The molecule has 1 aliphatic carbocycles. The third kappa shape index (κ3) is 1.84. The van der Waals surface area contributed by atoms with Gasteiger partial charge in [-0.3, -0.25) is 0 Å². The van der Waals surface area contributed by atoms with Crippen LogP contribution in [0, 0.1) is 11.3 Å². The lowest BCUT2D eigenvalue weighted by atomic mass is 10.1. The Balaban J connectivity index is 2.49. The van der Waals surface area contributed by atoms with E-state index in [0.717, 1.165) is 19.6 Å². The summed E-state index contributed by atoms with van der Waals surface area (Å²) in [5.74, 6) is 0.420. The average Bonchev–Trinajstić information content (AvgIpc) is 2.41. The van der Waals surface area contributed by atoms with Crippen LogP contribution >= 0.6 is 23.2 Å². The van der Waals surface area contributed by atoms with Crippen LogP contribution in [0.3, 0.4) is 0 Å². The Morgan fingerprint density at radius 1 is 1.15 bits per heavy atom. The molecule has 1 rings (SSSR count). The number of halogens is 2. The van der Waals surface area contributed by atoms with Crippen molar-refractivity contribution < 1.29 is 0 Å². The molecule has 78 valence electrons. The minimum Gasteiger partial charge on any atom is -0.303 e. The SMILES string of the molecule is CCN(CC)CC1C(C)(C)C1(Cl)Cl. The fourth-order valence-electron chi connectivity index (χ4n) is 1.84. The third-order valence-electron chi connectivity index (χ3n) is 3.42. The molecule has 0 spiro atoms. The largest absolute Gasteiger partial charge is 0.303 e. The average molecular weight is 224 g/mol. The van der Waals surface area contributed by atoms with Crippen molar-refractivity contribution in [2.75, 3.05) is 19.6 Å². The van der Waals surface area contributed by atoms with Gasteiger partial charge in [0.15, 0.2) is 0 Å². The van der Waals surface area contributed by atoms with E-state index in [1.54, 1.807) is 0 Å². The van der Waals surface area contributed by atoms with Crippen molar-refractivity contribution in [2.45, 2.75) is 32.0 Å². The van der Waals surface area contributed by atoms with E-state index in [1.165, 1.54) is 0 Å². The summed E-state index contributed by atoms with van der Waals surface area (Å²) < 4.78 is -0.504. The van der Waals surface area contributed by atoms with Gasteiger partial charge in [0.25, 0.3) is 0 Å². The molecule has 13 heavy (non-hydrogen) atoms. The Labute approximate surface area is 91.4 Å². The molecule has 0 aromatic carbocycles. The lowest BCUT2D eigenvalue weighted by molar-refractivity contribution is 0.276. The van der Waals surface area contributed by atoms with Gasteiger partial charge in [-0.05, 0) is 13.1 Å². The molecule has 0 radical (unpaired) electrons. The van der Waals surface area contributed by atoms with Gasteiger partial charge in [-0.1, -0.05) is 27.7 Å². The van der Waals surface area contributed by atoms with Crippen LogP contribution < -0.4 is 0 Å². The quantitative estimate of drug-likeness (QED) is 0.663. The summed E-state index contributed by atoms with van der Waals surface area (Å²) in [5.41, 5.74) is 0.0820. The van der Waals surface area contributed by atoms with Crippen LogP contribution in [0.1, 0.15) is 27.7 Å². The summed E-state index contributed by atoms with van der Waals surface area (Å²) in [6, 6.07) is 0. The maximum absolute atomic E-state index is 6.20. The van der Waals surface area contributed by atoms with Gasteiger partial charge < -0.3 is 4.90 Å². The summed E-state index contributed by atoms with van der Waals surface area (Å²) in [5, 5.41) is 0. The van der Waals surface area contributed by atoms with Gasteiger partial charge in [0.05, 0.1) is 0 Å². The number of nitrogens with zero attached hydrogens (tertiary/aromatic N) is 1. The van der Waals surface area contributed by atoms with Gasteiger partial charge >= 0.3 is 0 Å². The molecule has 1 nitrogen and oxygen atoms in total. The van der Waals surface area contributed by atoms with Crippen molar-refractivity contribution in [3.63, 3.8) is 0 Å². The van der Waals surface area contributed by atoms with Crippen molar-refractivity contribution in [1.29, 1.82) is 0 Å². The Hall–Kier alpha value is 0.540. The van der Waals surface area contributed by atoms with E-state index in [2.05, 4.69) is 32.6 Å². The second-order valence-corrected chi connectivity index (χ2v) is 5.77. The minimum atomic E-state index is -0.504. The second kappa shape index (κ2) is 3.60. The van der Waals surface area contributed by atoms with Gasteiger partial charge in [-0.15, -0.1) is 23.2 Å². The second-order valence-electron chi connectivity index (χ2n) is 4.38. The predicted molar refractivity (Wildman–Crippen MR) is 59.5 cm³/mol. The maximum atomic E-state index is 6.20. The number of hydrogen-bond donors (Lipinski definition) is 0. The van der Waals surface area contributed by atoms with Crippen LogP contribution in [-0.2, 0) is 0 Å². The van der Waals surface area contributed by atoms with Crippen molar-refractivity contribution in [2.24, 2.45) is 11.3 Å². The fraction of sp³-hybridized carbons (Fsp3) is 1.00. The molecular weight excluding hydrogens is 205 g/mol. The standard InChI is InChI=1S/C10H19Cl2N/c1-5-13(6-2)7-8-9(3,4)10(8,11)12/h8H,5-7H2,1-4H3. The van der Waals surface area contributed by atoms with Gasteiger partial charge in [0.2, 0.25) is 0 Å². The Morgan fingerprint density at radius 3 is 1.77 bits per heavy atom. The van der Waals surface area contributed by atoms with E-state index in [0.29, 0.717) is 5.92 Å². The zero-order valence-electron chi connectivity index (χ0n) is 8.90. The highest BCUT2D eigenvalue weighted by atomic mass is 35.5. The monoisotopic (exact) mass is 223 g/mol. The zero-order chi connectivity index (χ0) is 10.3. The molecule has 1 atom stereocenters. The number of alkyl halides is 2. The highest BCUT2D eigenvalue weighted by Gasteiger charge is 2.69. The van der Waals surface area contributed by atoms with E-state index in [4.69, 9.17) is 23.2 Å². The van der Waals surface area contributed by atoms with E-state index < -0.39 is 4.33 Å². The van der Waals surface area contributed by atoms with Gasteiger partial charge in [-0.25, -0.2) is 0 Å². The number of hydrogen-bond acceptors (Lipinski definition) is 1. The smallest absolute Gasteiger partial charge is 0.128 e. The predicted octanol–water partition coefficient (Wildman–Crippen LogP) is 3.16. The molecule has 1 saturated carbocycles. The Morgan fingerprint density at radius 2 is 1.54 bits per heavy atom. The van der Waals surface area contributed by atoms with Crippen molar-refractivity contribution in [3.8, 4) is 0 Å². The van der Waals surface area contributed by atoms with E-state index in [9.17, 15) is 0 Å². The molecule has 0 saturated heterocycles. The van der Waals surface area contributed by atoms with Crippen LogP contribution in [0.4, 0.5) is 0 Å². The first kappa shape index (κ1) is 11.6. The van der Waals surface area contributed by atoms with Crippen LogP contribution in [0.25, 0.3) is 0 Å². The van der Waals surface area contributed by atoms with E-state index in [-0.39, 0.29) is 5.41 Å². The normalized spacial score (nSPS) is 29.3.